The van der Waals surface area contributed by atoms with Crippen molar-refractivity contribution < 1.29 is 14.7 Å². The van der Waals surface area contributed by atoms with Gasteiger partial charge in [-0.05, 0) is 32.2 Å². The van der Waals surface area contributed by atoms with E-state index in [-0.39, 0.29) is 24.5 Å². The van der Waals surface area contributed by atoms with Crippen LogP contribution in [-0.2, 0) is 9.59 Å². The first kappa shape index (κ1) is 17.2. The molecule has 6 nitrogen and oxygen atoms in total. The zero-order chi connectivity index (χ0) is 15.8. The quantitative estimate of drug-likeness (QED) is 0.678. The van der Waals surface area contributed by atoms with Crippen LogP contribution in [0.25, 0.3) is 0 Å². The van der Waals surface area contributed by atoms with Crippen LogP contribution in [-0.4, -0.2) is 72.1 Å². The van der Waals surface area contributed by atoms with Crippen LogP contribution < -0.4 is 5.32 Å². The van der Waals surface area contributed by atoms with Crippen LogP contribution in [0.1, 0.15) is 44.9 Å². The summed E-state index contributed by atoms with van der Waals surface area (Å²) in [5.41, 5.74) is 0. The van der Waals surface area contributed by atoms with Gasteiger partial charge in [-0.3, -0.25) is 14.5 Å². The lowest BCUT2D eigenvalue weighted by Crippen LogP contribution is -2.45. The van der Waals surface area contributed by atoms with Gasteiger partial charge >= 0.3 is 0 Å². The summed E-state index contributed by atoms with van der Waals surface area (Å²) < 4.78 is 0. The van der Waals surface area contributed by atoms with Crippen LogP contribution in [0.3, 0.4) is 0 Å². The molecule has 2 fully saturated rings. The summed E-state index contributed by atoms with van der Waals surface area (Å²) in [6, 6.07) is 0.256. The molecule has 0 aromatic carbocycles. The number of nitrogens with zero attached hydrogens (tertiary/aromatic N) is 2. The molecular formula is C16H29N3O3. The van der Waals surface area contributed by atoms with E-state index in [1.54, 1.807) is 0 Å². The van der Waals surface area contributed by atoms with Crippen LogP contribution in [0, 0.1) is 0 Å². The lowest BCUT2D eigenvalue weighted by Gasteiger charge is -2.34. The fraction of sp³-hybridized carbons (Fsp3) is 0.875. The molecule has 0 saturated carbocycles. The fourth-order valence-electron chi connectivity index (χ4n) is 3.36. The van der Waals surface area contributed by atoms with Gasteiger partial charge in [0.15, 0.2) is 0 Å². The Balaban J connectivity index is 1.54. The molecule has 0 bridgehead atoms. The maximum atomic E-state index is 11.8. The summed E-state index contributed by atoms with van der Waals surface area (Å²) in [5.74, 6) is 0.282. The van der Waals surface area contributed by atoms with Crippen molar-refractivity contribution in [3.8, 4) is 0 Å². The lowest BCUT2D eigenvalue weighted by atomic mass is 10.0. The summed E-state index contributed by atoms with van der Waals surface area (Å²) >= 11 is 0. The van der Waals surface area contributed by atoms with Crippen molar-refractivity contribution in [2.75, 3.05) is 39.3 Å². The number of amides is 2. The number of aliphatic hydroxyl groups is 1. The minimum Gasteiger partial charge on any atom is -0.395 e. The fourth-order valence-corrected chi connectivity index (χ4v) is 3.36. The van der Waals surface area contributed by atoms with E-state index < -0.39 is 0 Å². The average molecular weight is 311 g/mol. The van der Waals surface area contributed by atoms with Gasteiger partial charge in [0.1, 0.15) is 0 Å². The monoisotopic (exact) mass is 311 g/mol. The maximum absolute atomic E-state index is 11.8. The molecule has 2 saturated heterocycles. The Kier molecular flexibility index (Phi) is 7.12. The summed E-state index contributed by atoms with van der Waals surface area (Å²) in [4.78, 5) is 27.4. The van der Waals surface area contributed by atoms with E-state index >= 15 is 0 Å². The van der Waals surface area contributed by atoms with Gasteiger partial charge in [-0.2, -0.15) is 0 Å². The van der Waals surface area contributed by atoms with Crippen LogP contribution in [0.2, 0.25) is 0 Å². The second-order valence-corrected chi connectivity index (χ2v) is 6.31. The number of likely N-dealkylation sites (tertiary alicyclic amines) is 2. The smallest absolute Gasteiger partial charge is 0.222 e. The normalized spacial score (nSPS) is 23.0. The van der Waals surface area contributed by atoms with Crippen molar-refractivity contribution in [2.24, 2.45) is 0 Å². The molecule has 2 rings (SSSR count). The average Bonchev–Trinajstić information content (AvgIpc) is 2.93. The highest BCUT2D eigenvalue weighted by Gasteiger charge is 2.21. The molecule has 0 spiro atoms. The van der Waals surface area contributed by atoms with E-state index in [4.69, 9.17) is 0 Å². The van der Waals surface area contributed by atoms with Crippen molar-refractivity contribution in [3.63, 3.8) is 0 Å². The number of aliphatic hydroxyl groups excluding tert-OH is 1. The largest absolute Gasteiger partial charge is 0.395 e. The second kappa shape index (κ2) is 9.10. The SMILES string of the molecule is O=C(CCCN1CCCC1=O)NCCN1CCCC[C@@H]1CO. The van der Waals surface area contributed by atoms with Gasteiger partial charge in [-0.15, -0.1) is 0 Å². The number of carbonyl (C=O) groups excluding carboxylic acids is 2. The Hall–Kier alpha value is -1.14. The van der Waals surface area contributed by atoms with Gasteiger partial charge in [0, 0.05) is 45.1 Å². The Labute approximate surface area is 132 Å². The third-order valence-electron chi connectivity index (χ3n) is 4.68. The molecular weight excluding hydrogens is 282 g/mol. The van der Waals surface area contributed by atoms with Crippen LogP contribution in [0.4, 0.5) is 0 Å². The molecule has 1 atom stereocenters. The highest BCUT2D eigenvalue weighted by molar-refractivity contribution is 5.78. The molecule has 2 amide bonds. The third-order valence-corrected chi connectivity index (χ3v) is 4.68. The first-order valence-electron chi connectivity index (χ1n) is 8.60. The molecule has 22 heavy (non-hydrogen) atoms. The Bertz CT molecular complexity index is 376. The lowest BCUT2D eigenvalue weighted by molar-refractivity contribution is -0.128. The Morgan fingerprint density at radius 1 is 1.23 bits per heavy atom. The van der Waals surface area contributed by atoms with E-state index in [1.807, 2.05) is 4.90 Å². The van der Waals surface area contributed by atoms with Crippen molar-refractivity contribution >= 4 is 11.8 Å². The topological polar surface area (TPSA) is 72.9 Å². The van der Waals surface area contributed by atoms with Crippen LogP contribution >= 0.6 is 0 Å². The molecule has 126 valence electrons. The molecule has 0 aromatic rings. The predicted molar refractivity (Wildman–Crippen MR) is 84.4 cm³/mol. The van der Waals surface area contributed by atoms with E-state index in [9.17, 15) is 14.7 Å². The first-order valence-corrected chi connectivity index (χ1v) is 8.60. The molecule has 0 radical (unpaired) electrons. The number of hydrogen-bond acceptors (Lipinski definition) is 4. The van der Waals surface area contributed by atoms with Gasteiger partial charge in [0.2, 0.25) is 11.8 Å². The van der Waals surface area contributed by atoms with E-state index in [2.05, 4.69) is 10.2 Å². The van der Waals surface area contributed by atoms with Crippen molar-refractivity contribution in [2.45, 2.75) is 51.0 Å². The summed E-state index contributed by atoms with van der Waals surface area (Å²) in [7, 11) is 0. The minimum atomic E-state index is 0.0594. The van der Waals surface area contributed by atoms with Crippen LogP contribution in [0.15, 0.2) is 0 Å². The molecule has 2 N–H and O–H groups in total. The Morgan fingerprint density at radius 3 is 2.82 bits per heavy atom. The van der Waals surface area contributed by atoms with Gasteiger partial charge in [-0.25, -0.2) is 0 Å². The molecule has 0 unspecified atom stereocenters. The summed E-state index contributed by atoms with van der Waals surface area (Å²) in [5, 5.41) is 12.3. The predicted octanol–water partition coefficient (Wildman–Crippen LogP) is 0.352. The summed E-state index contributed by atoms with van der Waals surface area (Å²) in [6.07, 6.45) is 6.24. The van der Waals surface area contributed by atoms with Gasteiger partial charge in [0.25, 0.3) is 0 Å². The van der Waals surface area contributed by atoms with Crippen molar-refractivity contribution in [1.82, 2.24) is 15.1 Å². The van der Waals surface area contributed by atoms with E-state index in [0.29, 0.717) is 25.9 Å². The number of nitrogens with one attached hydrogen (secondary N) is 1. The summed E-state index contributed by atoms with van der Waals surface area (Å²) in [6.45, 7) is 4.21. The number of carbonyl (C=O) groups is 2. The Morgan fingerprint density at radius 2 is 2.09 bits per heavy atom. The highest BCUT2D eigenvalue weighted by Crippen LogP contribution is 2.15. The number of piperidine rings is 1. The molecule has 2 aliphatic rings. The number of rotatable bonds is 8. The molecule has 0 aromatic heterocycles. The molecule has 2 aliphatic heterocycles. The van der Waals surface area contributed by atoms with Crippen molar-refractivity contribution in [1.29, 1.82) is 0 Å². The molecule has 6 heteroatoms. The standard InChI is InChI=1S/C16H29N3O3/c20-13-14-5-1-2-9-18(14)12-8-17-15(21)6-3-10-19-11-4-7-16(19)22/h14,20H,1-13H2,(H,17,21)/t14-/m1/s1. The zero-order valence-corrected chi connectivity index (χ0v) is 13.4. The number of hydrogen-bond donors (Lipinski definition) is 2. The van der Waals surface area contributed by atoms with Gasteiger partial charge in [0.05, 0.1) is 6.61 Å². The van der Waals surface area contributed by atoms with Crippen LogP contribution in [0.5, 0.6) is 0 Å². The van der Waals surface area contributed by atoms with Gasteiger partial charge in [-0.1, -0.05) is 6.42 Å². The first-order chi connectivity index (χ1) is 10.7. The van der Waals surface area contributed by atoms with E-state index in [1.165, 1.54) is 12.8 Å². The van der Waals surface area contributed by atoms with E-state index in [0.717, 1.165) is 38.9 Å². The maximum Gasteiger partial charge on any atom is 0.222 e. The van der Waals surface area contributed by atoms with Crippen molar-refractivity contribution in [3.05, 3.63) is 0 Å². The van der Waals surface area contributed by atoms with Gasteiger partial charge < -0.3 is 15.3 Å². The molecule has 2 heterocycles. The zero-order valence-electron chi connectivity index (χ0n) is 13.4. The highest BCUT2D eigenvalue weighted by atomic mass is 16.3. The molecule has 0 aliphatic carbocycles. The second-order valence-electron chi connectivity index (χ2n) is 6.31. The third kappa shape index (κ3) is 5.25. The minimum absolute atomic E-state index is 0.0594.